The van der Waals surface area contributed by atoms with E-state index in [2.05, 4.69) is 37.8 Å². The molecule has 2 fully saturated rings. The van der Waals surface area contributed by atoms with E-state index in [1.54, 1.807) is 0 Å². The molecule has 0 spiro atoms. The van der Waals surface area contributed by atoms with Crippen molar-refractivity contribution in [2.45, 2.75) is 70.4 Å². The van der Waals surface area contributed by atoms with E-state index < -0.39 is 5.41 Å². The Hall–Kier alpha value is -3.09. The summed E-state index contributed by atoms with van der Waals surface area (Å²) in [6.07, 6.45) is 5.31. The summed E-state index contributed by atoms with van der Waals surface area (Å²) in [7, 11) is 0. The highest BCUT2D eigenvalue weighted by Gasteiger charge is 2.45. The zero-order chi connectivity index (χ0) is 28.3. The number of nitrogens with zero attached hydrogens (tertiary/aromatic N) is 2. The van der Waals surface area contributed by atoms with E-state index in [-0.39, 0.29) is 22.5 Å². The molecule has 1 aliphatic heterocycles. The first kappa shape index (κ1) is 28.4. The van der Waals surface area contributed by atoms with Gasteiger partial charge in [-0.15, -0.1) is 0 Å². The first-order valence-electron chi connectivity index (χ1n) is 14.3. The Morgan fingerprint density at radius 3 is 2.23 bits per heavy atom. The summed E-state index contributed by atoms with van der Waals surface area (Å²) in [6, 6.07) is 17.6. The van der Waals surface area contributed by atoms with E-state index in [0.29, 0.717) is 37.0 Å². The van der Waals surface area contributed by atoms with Crippen LogP contribution in [-0.2, 0) is 28.8 Å². The first-order chi connectivity index (χ1) is 19.1. The fourth-order valence-corrected chi connectivity index (χ4v) is 6.02. The van der Waals surface area contributed by atoms with Gasteiger partial charge in [0, 0.05) is 37.3 Å². The van der Waals surface area contributed by atoms with Crippen molar-refractivity contribution in [1.29, 1.82) is 0 Å². The van der Waals surface area contributed by atoms with Gasteiger partial charge in [-0.1, -0.05) is 81.6 Å². The molecule has 7 heteroatoms. The quantitative estimate of drug-likeness (QED) is 0.337. The van der Waals surface area contributed by atoms with Crippen LogP contribution in [0.5, 0.6) is 5.75 Å². The van der Waals surface area contributed by atoms with Crippen LogP contribution in [0.4, 0.5) is 0 Å². The molecule has 0 N–H and O–H groups in total. The molecule has 0 atom stereocenters. The number of amides is 1. The van der Waals surface area contributed by atoms with Crippen LogP contribution in [0.15, 0.2) is 70.1 Å². The normalized spacial score (nSPS) is 17.6. The SMILES string of the molecule is CC(C)(C)c1ccc(COc2coc(CN3CCN(C(=O)C4(c5ccc(Cl)cc5)CCCC4)CC3)cc2=O)cc1. The van der Waals surface area contributed by atoms with Gasteiger partial charge >= 0.3 is 0 Å². The van der Waals surface area contributed by atoms with Crippen LogP contribution < -0.4 is 10.2 Å². The Balaban J connectivity index is 1.15. The van der Waals surface area contributed by atoms with Gasteiger partial charge in [-0.25, -0.2) is 0 Å². The number of hydrogen-bond donors (Lipinski definition) is 0. The van der Waals surface area contributed by atoms with E-state index in [1.165, 1.54) is 17.9 Å². The molecule has 212 valence electrons. The molecular weight excluding hydrogens is 524 g/mol. The standard InChI is InChI=1S/C33H39ClN2O4/c1-32(2,3)25-8-6-24(7-9-25)22-40-30-23-39-28(20-29(30)37)21-35-16-18-36(19-17-35)31(38)33(14-4-5-15-33)26-10-12-27(34)13-11-26/h6-13,20,23H,4-5,14-19,21-22H2,1-3H3. The lowest BCUT2D eigenvalue weighted by Gasteiger charge is -2.40. The number of benzene rings is 2. The van der Waals surface area contributed by atoms with E-state index in [4.69, 9.17) is 20.8 Å². The van der Waals surface area contributed by atoms with Crippen molar-refractivity contribution in [1.82, 2.24) is 9.80 Å². The molecule has 2 aliphatic rings. The topological polar surface area (TPSA) is 63.0 Å². The summed E-state index contributed by atoms with van der Waals surface area (Å²) < 4.78 is 11.5. The van der Waals surface area contributed by atoms with Crippen molar-refractivity contribution < 1.29 is 13.9 Å². The van der Waals surface area contributed by atoms with Crippen LogP contribution in [0.25, 0.3) is 0 Å². The molecule has 0 bridgehead atoms. The Morgan fingerprint density at radius 1 is 0.975 bits per heavy atom. The molecule has 0 radical (unpaired) electrons. The summed E-state index contributed by atoms with van der Waals surface area (Å²) in [5.74, 6) is 1.04. The molecule has 3 aromatic rings. The molecule has 0 unspecified atom stereocenters. The summed E-state index contributed by atoms with van der Waals surface area (Å²) in [6.45, 7) is 10.2. The molecular formula is C33H39ClN2O4. The van der Waals surface area contributed by atoms with Crippen molar-refractivity contribution in [2.24, 2.45) is 0 Å². The average molecular weight is 563 g/mol. The smallest absolute Gasteiger partial charge is 0.233 e. The predicted molar refractivity (Wildman–Crippen MR) is 158 cm³/mol. The number of piperazine rings is 1. The third kappa shape index (κ3) is 6.29. The van der Waals surface area contributed by atoms with Crippen molar-refractivity contribution in [2.75, 3.05) is 26.2 Å². The largest absolute Gasteiger partial charge is 0.482 e. The molecule has 2 heterocycles. The van der Waals surface area contributed by atoms with Crippen molar-refractivity contribution in [3.05, 3.63) is 98.6 Å². The van der Waals surface area contributed by atoms with Gasteiger partial charge in [-0.3, -0.25) is 14.5 Å². The maximum absolute atomic E-state index is 13.8. The van der Waals surface area contributed by atoms with Crippen LogP contribution >= 0.6 is 11.6 Å². The Kier molecular flexibility index (Phi) is 8.39. The van der Waals surface area contributed by atoms with Crippen LogP contribution in [-0.4, -0.2) is 41.9 Å². The molecule has 2 aromatic carbocycles. The summed E-state index contributed by atoms with van der Waals surface area (Å²) >= 11 is 6.12. The van der Waals surface area contributed by atoms with Gasteiger partial charge in [0.2, 0.25) is 17.1 Å². The van der Waals surface area contributed by atoms with Crippen LogP contribution in [0.1, 0.15) is 68.9 Å². The van der Waals surface area contributed by atoms with Crippen molar-refractivity contribution in [3.63, 3.8) is 0 Å². The van der Waals surface area contributed by atoms with E-state index >= 15 is 0 Å². The molecule has 1 aliphatic carbocycles. The summed E-state index contributed by atoms with van der Waals surface area (Å²) in [4.78, 5) is 30.7. The first-order valence-corrected chi connectivity index (χ1v) is 14.6. The van der Waals surface area contributed by atoms with Gasteiger partial charge in [0.05, 0.1) is 12.0 Å². The predicted octanol–water partition coefficient (Wildman–Crippen LogP) is 6.33. The summed E-state index contributed by atoms with van der Waals surface area (Å²) in [5.41, 5.74) is 2.79. The Bertz CT molecular complexity index is 1360. The van der Waals surface area contributed by atoms with Gasteiger partial charge in [0.15, 0.2) is 0 Å². The molecule has 1 saturated carbocycles. The number of halogens is 1. The number of ether oxygens (including phenoxy) is 1. The molecule has 1 aromatic heterocycles. The summed E-state index contributed by atoms with van der Waals surface area (Å²) in [5, 5.41) is 0.690. The molecule has 5 rings (SSSR count). The highest BCUT2D eigenvalue weighted by Crippen LogP contribution is 2.43. The number of rotatable bonds is 7. The number of carbonyl (C=O) groups is 1. The Morgan fingerprint density at radius 2 is 1.62 bits per heavy atom. The van der Waals surface area contributed by atoms with Gasteiger partial charge in [0.1, 0.15) is 18.6 Å². The van der Waals surface area contributed by atoms with E-state index in [9.17, 15) is 9.59 Å². The lowest BCUT2D eigenvalue weighted by molar-refractivity contribution is -0.139. The maximum atomic E-state index is 13.8. The number of hydrogen-bond acceptors (Lipinski definition) is 5. The third-order valence-corrected chi connectivity index (χ3v) is 8.62. The van der Waals surface area contributed by atoms with Crippen LogP contribution in [0.2, 0.25) is 5.02 Å². The maximum Gasteiger partial charge on any atom is 0.233 e. The van der Waals surface area contributed by atoms with Gasteiger partial charge in [-0.2, -0.15) is 0 Å². The fraction of sp³-hybridized carbons (Fsp3) is 0.455. The zero-order valence-corrected chi connectivity index (χ0v) is 24.5. The van der Waals surface area contributed by atoms with E-state index in [1.807, 2.05) is 41.3 Å². The van der Waals surface area contributed by atoms with Crippen molar-refractivity contribution >= 4 is 17.5 Å². The zero-order valence-electron chi connectivity index (χ0n) is 23.7. The second-order valence-corrected chi connectivity index (χ2v) is 12.6. The number of carbonyl (C=O) groups excluding carboxylic acids is 1. The van der Waals surface area contributed by atoms with E-state index in [0.717, 1.165) is 49.9 Å². The lowest BCUT2D eigenvalue weighted by atomic mass is 9.77. The minimum Gasteiger partial charge on any atom is -0.482 e. The Labute approximate surface area is 241 Å². The lowest BCUT2D eigenvalue weighted by Crippen LogP contribution is -2.53. The van der Waals surface area contributed by atoms with Crippen LogP contribution in [0, 0.1) is 0 Å². The van der Waals surface area contributed by atoms with Gasteiger partial charge in [-0.05, 0) is 47.1 Å². The minimum absolute atomic E-state index is 0.0913. The second kappa shape index (κ2) is 11.8. The highest BCUT2D eigenvalue weighted by molar-refractivity contribution is 6.30. The fourth-order valence-electron chi connectivity index (χ4n) is 5.89. The van der Waals surface area contributed by atoms with Gasteiger partial charge < -0.3 is 14.1 Å². The molecule has 6 nitrogen and oxygen atoms in total. The molecule has 1 saturated heterocycles. The average Bonchev–Trinajstić information content (AvgIpc) is 3.44. The third-order valence-electron chi connectivity index (χ3n) is 8.37. The van der Waals surface area contributed by atoms with Crippen molar-refractivity contribution in [3.8, 4) is 5.75 Å². The van der Waals surface area contributed by atoms with Gasteiger partial charge in [0.25, 0.3) is 0 Å². The minimum atomic E-state index is -0.440. The highest BCUT2D eigenvalue weighted by atomic mass is 35.5. The second-order valence-electron chi connectivity index (χ2n) is 12.2. The van der Waals surface area contributed by atoms with Crippen LogP contribution in [0.3, 0.4) is 0 Å². The molecule has 1 amide bonds. The molecule has 40 heavy (non-hydrogen) atoms. The monoisotopic (exact) mass is 562 g/mol.